The molecule has 0 spiro atoms. The molecular formula is C16H21N3O2. The quantitative estimate of drug-likeness (QED) is 0.852. The van der Waals surface area contributed by atoms with Crippen molar-refractivity contribution in [2.75, 3.05) is 11.9 Å². The van der Waals surface area contributed by atoms with E-state index in [0.29, 0.717) is 6.54 Å². The third-order valence-electron chi connectivity index (χ3n) is 3.50. The van der Waals surface area contributed by atoms with Crippen molar-refractivity contribution in [1.29, 1.82) is 0 Å². The lowest BCUT2D eigenvalue weighted by Crippen LogP contribution is -2.39. The molecule has 112 valence electrons. The highest BCUT2D eigenvalue weighted by atomic mass is 16.3. The van der Waals surface area contributed by atoms with E-state index in [-0.39, 0.29) is 18.0 Å². The van der Waals surface area contributed by atoms with Crippen LogP contribution in [0.4, 0.5) is 5.82 Å². The molecule has 1 aromatic carbocycles. The van der Waals surface area contributed by atoms with Gasteiger partial charge in [0.1, 0.15) is 0 Å². The summed E-state index contributed by atoms with van der Waals surface area (Å²) < 4.78 is 1.62. The predicted octanol–water partition coefficient (Wildman–Crippen LogP) is 1.97. The zero-order valence-electron chi connectivity index (χ0n) is 12.4. The van der Waals surface area contributed by atoms with Crippen LogP contribution < -0.4 is 10.9 Å². The Morgan fingerprint density at radius 1 is 1.33 bits per heavy atom. The molecule has 0 aliphatic rings. The number of anilines is 1. The third-order valence-corrected chi connectivity index (χ3v) is 3.50. The van der Waals surface area contributed by atoms with E-state index in [1.807, 2.05) is 44.2 Å². The molecule has 1 heterocycles. The first-order valence-corrected chi connectivity index (χ1v) is 7.10. The SMILES string of the molecule is CCCn1ccnc(NC(C)(CO)c2ccccc2)c1=O. The molecule has 0 fully saturated rings. The molecule has 0 radical (unpaired) electrons. The van der Waals surface area contributed by atoms with Crippen molar-refractivity contribution in [3.63, 3.8) is 0 Å². The van der Waals surface area contributed by atoms with E-state index in [4.69, 9.17) is 0 Å². The minimum absolute atomic E-state index is 0.138. The first-order valence-electron chi connectivity index (χ1n) is 7.10. The lowest BCUT2D eigenvalue weighted by molar-refractivity contribution is 0.223. The van der Waals surface area contributed by atoms with Crippen molar-refractivity contribution in [1.82, 2.24) is 9.55 Å². The van der Waals surface area contributed by atoms with Crippen LogP contribution in [-0.2, 0) is 12.1 Å². The molecule has 0 aliphatic carbocycles. The van der Waals surface area contributed by atoms with Gasteiger partial charge in [-0.1, -0.05) is 37.3 Å². The second-order valence-electron chi connectivity index (χ2n) is 5.26. The Morgan fingerprint density at radius 2 is 2.05 bits per heavy atom. The zero-order chi connectivity index (χ0) is 15.3. The molecule has 1 unspecified atom stereocenters. The first kappa shape index (κ1) is 15.3. The summed E-state index contributed by atoms with van der Waals surface area (Å²) in [6.45, 7) is 4.38. The maximum absolute atomic E-state index is 12.3. The number of hydrogen-bond acceptors (Lipinski definition) is 4. The van der Waals surface area contributed by atoms with Gasteiger partial charge in [0.15, 0.2) is 5.82 Å². The van der Waals surface area contributed by atoms with Crippen molar-refractivity contribution >= 4 is 5.82 Å². The molecule has 2 aromatic rings. The van der Waals surface area contributed by atoms with Crippen LogP contribution in [0.25, 0.3) is 0 Å². The Morgan fingerprint density at radius 3 is 2.67 bits per heavy atom. The number of nitrogens with zero attached hydrogens (tertiary/aromatic N) is 2. The second kappa shape index (κ2) is 6.54. The van der Waals surface area contributed by atoms with Gasteiger partial charge in [0, 0.05) is 18.9 Å². The first-order chi connectivity index (χ1) is 10.1. The highest BCUT2D eigenvalue weighted by Gasteiger charge is 2.27. The lowest BCUT2D eigenvalue weighted by atomic mass is 9.93. The summed E-state index contributed by atoms with van der Waals surface area (Å²) in [5, 5.41) is 12.9. The normalized spacial score (nSPS) is 13.7. The lowest BCUT2D eigenvalue weighted by Gasteiger charge is -2.29. The molecule has 1 aromatic heterocycles. The maximum atomic E-state index is 12.3. The summed E-state index contributed by atoms with van der Waals surface area (Å²) in [6, 6.07) is 9.54. The highest BCUT2D eigenvalue weighted by molar-refractivity contribution is 5.40. The standard InChI is InChI=1S/C16H21N3O2/c1-3-10-19-11-9-17-14(15(19)21)18-16(2,12-20)13-7-5-4-6-8-13/h4-9,11,20H,3,10,12H2,1-2H3,(H,17,18). The Hall–Kier alpha value is -2.14. The average Bonchev–Trinajstić information content (AvgIpc) is 2.52. The summed E-state index contributed by atoms with van der Waals surface area (Å²) in [5.74, 6) is 0.256. The summed E-state index contributed by atoms with van der Waals surface area (Å²) >= 11 is 0. The molecule has 1 atom stereocenters. The largest absolute Gasteiger partial charge is 0.394 e. The predicted molar refractivity (Wildman–Crippen MR) is 83.3 cm³/mol. The fourth-order valence-corrected chi connectivity index (χ4v) is 2.22. The molecule has 0 amide bonds. The Kier molecular flexibility index (Phi) is 4.75. The third kappa shape index (κ3) is 3.31. The van der Waals surface area contributed by atoms with Crippen LogP contribution in [0.3, 0.4) is 0 Å². The number of aryl methyl sites for hydroxylation is 1. The average molecular weight is 287 g/mol. The maximum Gasteiger partial charge on any atom is 0.293 e. The summed E-state index contributed by atoms with van der Waals surface area (Å²) in [4.78, 5) is 16.5. The van der Waals surface area contributed by atoms with Crippen LogP contribution in [0.1, 0.15) is 25.8 Å². The number of aliphatic hydroxyl groups is 1. The van der Waals surface area contributed by atoms with Crippen LogP contribution in [0, 0.1) is 0 Å². The number of rotatable bonds is 6. The van der Waals surface area contributed by atoms with Gasteiger partial charge in [-0.2, -0.15) is 0 Å². The van der Waals surface area contributed by atoms with Gasteiger partial charge in [-0.15, -0.1) is 0 Å². The monoisotopic (exact) mass is 287 g/mol. The van der Waals surface area contributed by atoms with E-state index in [0.717, 1.165) is 12.0 Å². The Bertz CT molecular complexity index is 639. The Labute approximate surface area is 124 Å². The molecule has 5 heteroatoms. The van der Waals surface area contributed by atoms with Crippen molar-refractivity contribution in [2.24, 2.45) is 0 Å². The van der Waals surface area contributed by atoms with Crippen LogP contribution in [0.2, 0.25) is 0 Å². The van der Waals surface area contributed by atoms with E-state index >= 15 is 0 Å². The van der Waals surface area contributed by atoms with E-state index < -0.39 is 5.54 Å². The van der Waals surface area contributed by atoms with Gasteiger partial charge >= 0.3 is 0 Å². The van der Waals surface area contributed by atoms with E-state index in [1.54, 1.807) is 17.0 Å². The Balaban J connectivity index is 2.35. The van der Waals surface area contributed by atoms with Crippen LogP contribution in [0.15, 0.2) is 47.5 Å². The number of aliphatic hydroxyl groups excluding tert-OH is 1. The summed E-state index contributed by atoms with van der Waals surface area (Å²) in [6.07, 6.45) is 4.15. The van der Waals surface area contributed by atoms with E-state index in [2.05, 4.69) is 10.3 Å². The van der Waals surface area contributed by atoms with E-state index in [9.17, 15) is 9.90 Å². The van der Waals surface area contributed by atoms with Gasteiger partial charge in [-0.25, -0.2) is 4.98 Å². The minimum Gasteiger partial charge on any atom is -0.394 e. The van der Waals surface area contributed by atoms with Crippen molar-refractivity contribution in [2.45, 2.75) is 32.4 Å². The van der Waals surface area contributed by atoms with Gasteiger partial charge in [0.05, 0.1) is 12.1 Å². The van der Waals surface area contributed by atoms with Gasteiger partial charge in [0.25, 0.3) is 5.56 Å². The van der Waals surface area contributed by atoms with Crippen LogP contribution in [-0.4, -0.2) is 21.3 Å². The van der Waals surface area contributed by atoms with Crippen molar-refractivity contribution in [3.8, 4) is 0 Å². The molecule has 0 aliphatic heterocycles. The molecule has 21 heavy (non-hydrogen) atoms. The molecule has 2 N–H and O–H groups in total. The van der Waals surface area contributed by atoms with Gasteiger partial charge < -0.3 is 15.0 Å². The second-order valence-corrected chi connectivity index (χ2v) is 5.26. The fraction of sp³-hybridized carbons (Fsp3) is 0.375. The van der Waals surface area contributed by atoms with Crippen LogP contribution in [0.5, 0.6) is 0 Å². The number of nitrogens with one attached hydrogen (secondary N) is 1. The molecule has 2 rings (SSSR count). The van der Waals surface area contributed by atoms with Gasteiger partial charge in [-0.05, 0) is 18.9 Å². The summed E-state index contributed by atoms with van der Waals surface area (Å²) in [7, 11) is 0. The molecule has 0 saturated carbocycles. The fourth-order valence-electron chi connectivity index (χ4n) is 2.22. The summed E-state index contributed by atoms with van der Waals surface area (Å²) in [5.41, 5.74) is -0.0201. The van der Waals surface area contributed by atoms with E-state index in [1.165, 1.54) is 0 Å². The highest BCUT2D eigenvalue weighted by Crippen LogP contribution is 2.23. The number of aromatic nitrogens is 2. The van der Waals surface area contributed by atoms with Crippen molar-refractivity contribution in [3.05, 3.63) is 58.6 Å². The zero-order valence-corrected chi connectivity index (χ0v) is 12.4. The minimum atomic E-state index is -0.751. The molecular weight excluding hydrogens is 266 g/mol. The molecule has 0 bridgehead atoms. The smallest absolute Gasteiger partial charge is 0.293 e. The van der Waals surface area contributed by atoms with Gasteiger partial charge in [-0.3, -0.25) is 4.79 Å². The number of hydrogen-bond donors (Lipinski definition) is 2. The molecule has 0 saturated heterocycles. The van der Waals surface area contributed by atoms with Crippen LogP contribution >= 0.6 is 0 Å². The molecule has 5 nitrogen and oxygen atoms in total. The van der Waals surface area contributed by atoms with Gasteiger partial charge in [0.2, 0.25) is 0 Å². The van der Waals surface area contributed by atoms with Crippen molar-refractivity contribution < 1.29 is 5.11 Å². The number of benzene rings is 1. The topological polar surface area (TPSA) is 67.2 Å².